The standard InChI is InChI=1S/C21H22N2O5/c1-9-16(20(25)26)11-7-14-18-21(12-5-3-4-6-13(12)22-18)8-15(23(9,14)27)17(11)19(21)28-10(2)24/h3-6,9,11,14-17,19H,7-8H2,1-2H3,(H,25,26). The van der Waals surface area contributed by atoms with Crippen molar-refractivity contribution in [2.75, 3.05) is 0 Å². The first kappa shape index (κ1) is 16.7. The molecule has 7 rings (SSSR count). The Morgan fingerprint density at radius 2 is 2.11 bits per heavy atom. The summed E-state index contributed by atoms with van der Waals surface area (Å²) in [4.78, 5) is 29.1. The molecule has 4 saturated heterocycles. The zero-order valence-corrected chi connectivity index (χ0v) is 15.7. The number of carboxylic acid groups (broad SMARTS) is 1. The fourth-order valence-corrected chi connectivity index (χ4v) is 7.68. The third-order valence-corrected chi connectivity index (χ3v) is 8.40. The predicted molar refractivity (Wildman–Crippen MR) is 98.8 cm³/mol. The molecular formula is C21H22N2O5. The normalized spacial score (nSPS) is 48.8. The molecule has 0 aromatic heterocycles. The van der Waals surface area contributed by atoms with Gasteiger partial charge in [-0.1, -0.05) is 18.2 Å². The summed E-state index contributed by atoms with van der Waals surface area (Å²) in [7, 11) is 0. The number of quaternary nitrogens is 1. The lowest BCUT2D eigenvalue weighted by atomic mass is 9.61. The molecule has 1 N–H and O–H groups in total. The van der Waals surface area contributed by atoms with Crippen molar-refractivity contribution in [1.29, 1.82) is 0 Å². The molecule has 1 aliphatic carbocycles. The van der Waals surface area contributed by atoms with Crippen LogP contribution in [0.5, 0.6) is 0 Å². The number of para-hydroxylation sites is 1. The summed E-state index contributed by atoms with van der Waals surface area (Å²) in [5, 5.41) is 24.2. The Bertz CT molecular complexity index is 975. The van der Waals surface area contributed by atoms with Crippen LogP contribution in [0.1, 0.15) is 32.3 Å². The lowest BCUT2D eigenvalue weighted by Crippen LogP contribution is -2.78. The van der Waals surface area contributed by atoms with Gasteiger partial charge in [-0.05, 0) is 24.5 Å². The second-order valence-electron chi connectivity index (χ2n) is 9.15. The number of aliphatic imine (C=N–C) groups is 1. The third-order valence-electron chi connectivity index (χ3n) is 8.40. The van der Waals surface area contributed by atoms with Gasteiger partial charge in [0.2, 0.25) is 0 Å². The van der Waals surface area contributed by atoms with Crippen LogP contribution in [0, 0.1) is 23.0 Å². The maximum atomic E-state index is 14.3. The van der Waals surface area contributed by atoms with Gasteiger partial charge >= 0.3 is 11.9 Å². The Morgan fingerprint density at radius 1 is 1.36 bits per heavy atom. The van der Waals surface area contributed by atoms with E-state index in [-0.39, 0.29) is 29.9 Å². The number of carbonyl (C=O) groups is 2. The number of aliphatic carboxylic acids is 1. The average Bonchev–Trinajstić information content (AvgIpc) is 3.10. The number of esters is 1. The van der Waals surface area contributed by atoms with Gasteiger partial charge in [0.15, 0.2) is 0 Å². The van der Waals surface area contributed by atoms with Crippen molar-refractivity contribution < 1.29 is 24.1 Å². The van der Waals surface area contributed by atoms with Crippen LogP contribution in [0.15, 0.2) is 29.3 Å². The highest BCUT2D eigenvalue weighted by Crippen LogP contribution is 2.69. The SMILES string of the molecule is CC(=O)OC1C2C3CC4C5=Nc6ccccc6C51CC2[N+]4([O-])C(C)C3C(=O)O. The van der Waals surface area contributed by atoms with E-state index in [4.69, 9.17) is 9.73 Å². The van der Waals surface area contributed by atoms with Gasteiger partial charge in [0.1, 0.15) is 24.1 Å². The first-order valence-corrected chi connectivity index (χ1v) is 9.99. The molecule has 9 atom stereocenters. The van der Waals surface area contributed by atoms with E-state index in [9.17, 15) is 19.9 Å². The minimum atomic E-state index is -0.912. The van der Waals surface area contributed by atoms with Gasteiger partial charge in [0.05, 0.1) is 28.8 Å². The van der Waals surface area contributed by atoms with Crippen LogP contribution >= 0.6 is 0 Å². The highest BCUT2D eigenvalue weighted by atomic mass is 16.6. The van der Waals surface area contributed by atoms with Crippen LogP contribution in [-0.2, 0) is 19.7 Å². The first-order valence-electron chi connectivity index (χ1n) is 9.99. The van der Waals surface area contributed by atoms with Gasteiger partial charge in [-0.3, -0.25) is 14.6 Å². The zero-order valence-electron chi connectivity index (χ0n) is 15.7. The molecule has 9 unspecified atom stereocenters. The summed E-state index contributed by atoms with van der Waals surface area (Å²) in [5.74, 6) is -2.42. The monoisotopic (exact) mass is 382 g/mol. The second-order valence-corrected chi connectivity index (χ2v) is 9.15. The van der Waals surface area contributed by atoms with E-state index in [0.717, 1.165) is 17.0 Å². The fourth-order valence-electron chi connectivity index (χ4n) is 7.68. The Balaban J connectivity index is 1.63. The number of benzene rings is 1. The number of hydrogen-bond donors (Lipinski definition) is 1. The molecule has 5 fully saturated rings. The number of nitrogens with zero attached hydrogens (tertiary/aromatic N) is 2. The van der Waals surface area contributed by atoms with Crippen LogP contribution in [0.3, 0.4) is 0 Å². The quantitative estimate of drug-likeness (QED) is 0.480. The summed E-state index contributed by atoms with van der Waals surface area (Å²) in [5.41, 5.74) is 2.14. The Hall–Kier alpha value is -2.25. The van der Waals surface area contributed by atoms with Crippen LogP contribution in [-0.4, -0.2) is 51.6 Å². The van der Waals surface area contributed by atoms with Crippen molar-refractivity contribution in [3.05, 3.63) is 35.0 Å². The summed E-state index contributed by atoms with van der Waals surface area (Å²) in [6, 6.07) is 6.75. The molecular weight excluding hydrogens is 360 g/mol. The number of rotatable bonds is 2. The lowest BCUT2D eigenvalue weighted by molar-refractivity contribution is -0.966. The van der Waals surface area contributed by atoms with Gasteiger partial charge in [-0.25, -0.2) is 0 Å². The largest absolute Gasteiger partial charge is 0.632 e. The number of hydrogen-bond acceptors (Lipinski definition) is 5. The van der Waals surface area contributed by atoms with E-state index in [2.05, 4.69) is 0 Å². The average molecular weight is 382 g/mol. The molecule has 1 saturated carbocycles. The molecule has 1 aromatic rings. The van der Waals surface area contributed by atoms with Crippen LogP contribution < -0.4 is 0 Å². The number of carboxylic acids is 1. The van der Waals surface area contributed by atoms with E-state index < -0.39 is 34.1 Å². The first-order chi connectivity index (χ1) is 13.3. The zero-order chi connectivity index (χ0) is 19.6. The summed E-state index contributed by atoms with van der Waals surface area (Å²) < 4.78 is 5.39. The highest BCUT2D eigenvalue weighted by molar-refractivity contribution is 6.07. The number of fused-ring (bicyclic) bond motifs is 2. The van der Waals surface area contributed by atoms with Crippen LogP contribution in [0.25, 0.3) is 0 Å². The molecule has 0 radical (unpaired) electrons. The van der Waals surface area contributed by atoms with E-state index in [1.54, 1.807) is 6.92 Å². The van der Waals surface area contributed by atoms with Crippen LogP contribution in [0.2, 0.25) is 0 Å². The molecule has 6 aliphatic rings. The predicted octanol–water partition coefficient (Wildman–Crippen LogP) is 2.15. The second kappa shape index (κ2) is 4.83. The summed E-state index contributed by atoms with van der Waals surface area (Å²) in [6.07, 6.45) is 0.576. The fraction of sp³-hybridized carbons (Fsp3) is 0.571. The molecule has 1 spiro atoms. The van der Waals surface area contributed by atoms with E-state index in [1.165, 1.54) is 6.92 Å². The van der Waals surface area contributed by atoms with E-state index >= 15 is 0 Å². The molecule has 7 nitrogen and oxygen atoms in total. The van der Waals surface area contributed by atoms with Gasteiger partial charge in [-0.15, -0.1) is 0 Å². The molecule has 5 heterocycles. The van der Waals surface area contributed by atoms with E-state index in [1.807, 2.05) is 24.3 Å². The van der Waals surface area contributed by atoms with Crippen molar-refractivity contribution >= 4 is 23.3 Å². The van der Waals surface area contributed by atoms with Gasteiger partial charge in [0.25, 0.3) is 0 Å². The number of piperidine rings is 4. The smallest absolute Gasteiger partial charge is 0.312 e. The molecule has 0 amide bonds. The third kappa shape index (κ3) is 1.53. The molecule has 146 valence electrons. The maximum absolute atomic E-state index is 14.3. The summed E-state index contributed by atoms with van der Waals surface area (Å²) >= 11 is 0. The maximum Gasteiger partial charge on any atom is 0.312 e. The lowest BCUT2D eigenvalue weighted by Gasteiger charge is -2.69. The number of hydroxylamine groups is 3. The molecule has 28 heavy (non-hydrogen) atoms. The minimum absolute atomic E-state index is 0.166. The highest BCUT2D eigenvalue weighted by Gasteiger charge is 2.80. The molecule has 7 heteroatoms. The molecule has 5 aliphatic heterocycles. The Morgan fingerprint density at radius 3 is 2.82 bits per heavy atom. The van der Waals surface area contributed by atoms with Gasteiger partial charge < -0.3 is 19.7 Å². The topological polar surface area (TPSA) is 99.0 Å². The summed E-state index contributed by atoms with van der Waals surface area (Å²) in [6.45, 7) is 3.18. The van der Waals surface area contributed by atoms with Crippen LogP contribution in [0.4, 0.5) is 5.69 Å². The van der Waals surface area contributed by atoms with Gasteiger partial charge in [-0.2, -0.15) is 0 Å². The number of carbonyl (C=O) groups excluding carboxylic acids is 1. The number of ether oxygens (including phenoxy) is 1. The Labute approximate surface area is 162 Å². The van der Waals surface area contributed by atoms with Crippen molar-refractivity contribution in [2.24, 2.45) is 22.7 Å². The van der Waals surface area contributed by atoms with E-state index in [0.29, 0.717) is 12.8 Å². The Kier molecular flexibility index (Phi) is 2.88. The van der Waals surface area contributed by atoms with Crippen molar-refractivity contribution in [3.8, 4) is 0 Å². The molecule has 1 aromatic carbocycles. The van der Waals surface area contributed by atoms with Crippen molar-refractivity contribution in [2.45, 2.75) is 56.3 Å². The van der Waals surface area contributed by atoms with Crippen molar-refractivity contribution in [1.82, 2.24) is 0 Å². The molecule has 5 bridgehead atoms. The van der Waals surface area contributed by atoms with Gasteiger partial charge in [0, 0.05) is 19.8 Å². The van der Waals surface area contributed by atoms with Crippen molar-refractivity contribution in [3.63, 3.8) is 0 Å². The minimum Gasteiger partial charge on any atom is -0.632 e.